The first-order valence-corrected chi connectivity index (χ1v) is 11.8. The molecule has 0 radical (unpaired) electrons. The number of phenolic OH excluding ortho intramolecular Hbond substituents is 2. The summed E-state index contributed by atoms with van der Waals surface area (Å²) in [7, 11) is 2.43. The maximum atomic E-state index is 13.0. The number of ether oxygens (including phenoxy) is 3. The molecule has 0 spiro atoms. The van der Waals surface area contributed by atoms with Gasteiger partial charge in [0.2, 0.25) is 6.61 Å². The first-order valence-electron chi connectivity index (χ1n) is 11.4. The summed E-state index contributed by atoms with van der Waals surface area (Å²) in [6, 6.07) is 0.543. The number of hydrogen-bond donors (Lipinski definition) is 3. The number of cyclic esters (lactones) is 1. The number of nitrogens with one attached hydrogen (secondary N) is 1. The van der Waals surface area contributed by atoms with Gasteiger partial charge in [0, 0.05) is 31.4 Å². The van der Waals surface area contributed by atoms with E-state index in [9.17, 15) is 24.6 Å². The Labute approximate surface area is 219 Å². The Kier molecular flexibility index (Phi) is 12.1. The second-order valence-corrected chi connectivity index (χ2v) is 8.53. The molecule has 3 N–H and O–H groups in total. The molecule has 0 saturated heterocycles. The third-order valence-electron chi connectivity index (χ3n) is 5.28. The van der Waals surface area contributed by atoms with Crippen LogP contribution in [0.5, 0.6) is 11.5 Å². The molecule has 2 rings (SSSR count). The van der Waals surface area contributed by atoms with Crippen LogP contribution in [-0.4, -0.2) is 73.4 Å². The molecule has 2 atom stereocenters. The third kappa shape index (κ3) is 9.56. The predicted molar refractivity (Wildman–Crippen MR) is 131 cm³/mol. The van der Waals surface area contributed by atoms with E-state index in [2.05, 4.69) is 20.1 Å². The molecule has 0 aromatic heterocycles. The number of aromatic hydroxyl groups is 2. The lowest BCUT2D eigenvalue weighted by atomic mass is 9.95. The number of methoxy groups -OCH3 is 2. The molecule has 1 heterocycles. The van der Waals surface area contributed by atoms with Gasteiger partial charge in [0.25, 0.3) is 0 Å². The topological polar surface area (TPSA) is 162 Å². The average molecular weight is 543 g/mol. The maximum absolute atomic E-state index is 13.0. The number of hydroxylamine groups is 1. The Morgan fingerprint density at radius 1 is 1.16 bits per heavy atom. The highest BCUT2D eigenvalue weighted by atomic mass is 35.5. The Bertz CT molecular complexity index is 1030. The number of esters is 3. The van der Waals surface area contributed by atoms with E-state index in [4.69, 9.17) is 26.0 Å². The van der Waals surface area contributed by atoms with Gasteiger partial charge in [-0.1, -0.05) is 28.9 Å². The number of allylic oxidation sites excluding steroid dienone is 1. The molecule has 0 fully saturated rings. The van der Waals surface area contributed by atoms with E-state index in [0.29, 0.717) is 19.3 Å². The first-order chi connectivity index (χ1) is 17.7. The molecule has 1 aliphatic heterocycles. The molecular weight excluding hydrogens is 512 g/mol. The molecule has 0 bridgehead atoms. The van der Waals surface area contributed by atoms with E-state index in [1.54, 1.807) is 6.92 Å². The van der Waals surface area contributed by atoms with Gasteiger partial charge in [-0.15, -0.1) is 0 Å². The Hall–Kier alpha value is -3.35. The number of nitrogens with zero attached hydrogens (tertiary/aromatic N) is 1. The van der Waals surface area contributed by atoms with Crippen molar-refractivity contribution in [1.82, 2.24) is 5.48 Å². The van der Waals surface area contributed by atoms with E-state index < -0.39 is 48.2 Å². The summed E-state index contributed by atoms with van der Waals surface area (Å²) in [6.07, 6.45) is 4.81. The van der Waals surface area contributed by atoms with Crippen LogP contribution < -0.4 is 5.48 Å². The van der Waals surface area contributed by atoms with E-state index in [1.165, 1.54) is 14.2 Å². The number of rotatable bonds is 7. The lowest BCUT2D eigenvalue weighted by Gasteiger charge is -2.21. The van der Waals surface area contributed by atoms with E-state index >= 15 is 0 Å². The van der Waals surface area contributed by atoms with Gasteiger partial charge in [-0.25, -0.2) is 14.4 Å². The van der Waals surface area contributed by atoms with Crippen LogP contribution in [0.25, 0.3) is 0 Å². The Morgan fingerprint density at radius 3 is 2.57 bits per heavy atom. The summed E-state index contributed by atoms with van der Waals surface area (Å²) < 4.78 is 14.6. The number of carbonyl (C=O) groups is 3. The molecule has 13 heteroatoms. The molecule has 1 aliphatic rings. The van der Waals surface area contributed by atoms with Crippen LogP contribution in [0.2, 0.25) is 5.02 Å². The fraction of sp³-hybridized carbons (Fsp3) is 0.500. The third-order valence-corrected chi connectivity index (χ3v) is 5.71. The van der Waals surface area contributed by atoms with Gasteiger partial charge in [-0.3, -0.25) is 4.84 Å². The summed E-state index contributed by atoms with van der Waals surface area (Å²) in [5.41, 5.74) is 2.90. The van der Waals surface area contributed by atoms with E-state index in [0.717, 1.165) is 6.07 Å². The van der Waals surface area contributed by atoms with Crippen LogP contribution >= 0.6 is 11.6 Å². The van der Waals surface area contributed by atoms with Crippen molar-refractivity contribution in [2.75, 3.05) is 27.4 Å². The van der Waals surface area contributed by atoms with Crippen molar-refractivity contribution < 1.29 is 48.5 Å². The lowest BCUT2D eigenvalue weighted by Crippen LogP contribution is -2.34. The number of halogens is 1. The zero-order valence-electron chi connectivity index (χ0n) is 20.8. The second kappa shape index (κ2) is 15.0. The summed E-state index contributed by atoms with van der Waals surface area (Å²) in [6.45, 7) is 0.879. The van der Waals surface area contributed by atoms with Gasteiger partial charge in [-0.2, -0.15) is 5.48 Å². The van der Waals surface area contributed by atoms with E-state index in [-0.39, 0.29) is 41.3 Å². The van der Waals surface area contributed by atoms with Crippen LogP contribution in [-0.2, 0) is 39.9 Å². The van der Waals surface area contributed by atoms with Crippen molar-refractivity contribution in [2.24, 2.45) is 5.16 Å². The fourth-order valence-corrected chi connectivity index (χ4v) is 3.63. The predicted octanol–water partition coefficient (Wildman–Crippen LogP) is 2.58. The van der Waals surface area contributed by atoms with Crippen molar-refractivity contribution in [1.29, 1.82) is 0 Å². The molecule has 0 amide bonds. The molecule has 12 nitrogen and oxygen atoms in total. The molecule has 0 saturated carbocycles. The van der Waals surface area contributed by atoms with Gasteiger partial charge >= 0.3 is 17.9 Å². The average Bonchev–Trinajstić information content (AvgIpc) is 2.85. The monoisotopic (exact) mass is 542 g/mol. The smallest absolute Gasteiger partial charge is 0.346 e. The van der Waals surface area contributed by atoms with Crippen LogP contribution in [0.3, 0.4) is 0 Å². The molecule has 37 heavy (non-hydrogen) atoms. The van der Waals surface area contributed by atoms with Gasteiger partial charge in [0.05, 0.1) is 25.0 Å². The number of hydrogen-bond acceptors (Lipinski definition) is 12. The minimum atomic E-state index is -0.835. The Balaban J connectivity index is 2.48. The number of phenols is 2. The number of benzene rings is 1. The first kappa shape index (κ1) is 29.9. The van der Waals surface area contributed by atoms with Crippen LogP contribution in [0, 0.1) is 0 Å². The summed E-state index contributed by atoms with van der Waals surface area (Å²) >= 11 is 6.34. The highest BCUT2D eigenvalue weighted by molar-refractivity contribution is 6.33. The van der Waals surface area contributed by atoms with Crippen LogP contribution in [0.4, 0.5) is 0 Å². The van der Waals surface area contributed by atoms with Gasteiger partial charge in [0.1, 0.15) is 23.2 Å². The molecule has 1 aromatic rings. The van der Waals surface area contributed by atoms with Crippen molar-refractivity contribution in [3.05, 3.63) is 34.4 Å². The van der Waals surface area contributed by atoms with Gasteiger partial charge < -0.3 is 29.3 Å². The van der Waals surface area contributed by atoms with Gasteiger partial charge in [-0.05, 0) is 25.3 Å². The molecule has 0 aliphatic carbocycles. The SMILES string of the molecule is COC(=O)CON=C1Cc2c(Cl)c(O)cc(O)c2C(=O)OC(C)CC=CCCC(NOCC(=O)OC)C1. The van der Waals surface area contributed by atoms with Crippen molar-refractivity contribution in [3.63, 3.8) is 0 Å². The maximum Gasteiger partial charge on any atom is 0.346 e. The van der Waals surface area contributed by atoms with E-state index in [1.807, 2.05) is 12.2 Å². The number of fused-ring (bicyclic) bond motifs is 1. The summed E-state index contributed by atoms with van der Waals surface area (Å²) in [4.78, 5) is 46.3. The lowest BCUT2D eigenvalue weighted by molar-refractivity contribution is -0.149. The fourth-order valence-electron chi connectivity index (χ4n) is 3.42. The quantitative estimate of drug-likeness (QED) is 0.201. The zero-order chi connectivity index (χ0) is 27.4. The highest BCUT2D eigenvalue weighted by Gasteiger charge is 2.27. The highest BCUT2D eigenvalue weighted by Crippen LogP contribution is 2.37. The summed E-state index contributed by atoms with van der Waals surface area (Å²) in [5.74, 6) is -3.06. The van der Waals surface area contributed by atoms with Crippen LogP contribution in [0.15, 0.2) is 23.4 Å². The normalized spacial score (nSPS) is 19.9. The number of carbonyl (C=O) groups excluding carboxylic acids is 3. The van der Waals surface area contributed by atoms with Crippen LogP contribution in [0.1, 0.15) is 48.5 Å². The van der Waals surface area contributed by atoms with Crippen molar-refractivity contribution in [3.8, 4) is 11.5 Å². The molecular formula is C24H31ClN2O10. The van der Waals surface area contributed by atoms with Crippen molar-refractivity contribution >= 4 is 35.2 Å². The van der Waals surface area contributed by atoms with Crippen molar-refractivity contribution in [2.45, 2.75) is 51.2 Å². The van der Waals surface area contributed by atoms with Gasteiger partial charge in [0.15, 0.2) is 6.61 Å². The zero-order valence-corrected chi connectivity index (χ0v) is 21.6. The second-order valence-electron chi connectivity index (χ2n) is 8.15. The Morgan fingerprint density at radius 2 is 1.86 bits per heavy atom. The minimum absolute atomic E-state index is 0.0543. The molecule has 2 unspecified atom stereocenters. The molecule has 204 valence electrons. The standard InChI is InChI=1S/C24H31ClN2O10/c1-14-7-5-4-6-8-15(26-35-12-20(30)33-2)9-16(27-36-13-21(31)34-3)10-17-22(24(32)37-14)18(28)11-19(29)23(17)25/h4-5,11,14-15,26,28-29H,6-10,12-13H2,1-3H3. The summed E-state index contributed by atoms with van der Waals surface area (Å²) in [5, 5.41) is 24.5. The minimum Gasteiger partial charge on any atom is -0.507 e. The molecule has 1 aromatic carbocycles. The number of oxime groups is 1. The largest absolute Gasteiger partial charge is 0.507 e.